The molecular formula is C13H17N5O. The molecule has 6 heteroatoms. The van der Waals surface area contributed by atoms with E-state index >= 15 is 0 Å². The molecule has 0 bridgehead atoms. The van der Waals surface area contributed by atoms with Crippen LogP contribution in [0.1, 0.15) is 13.8 Å². The van der Waals surface area contributed by atoms with Gasteiger partial charge in [-0.1, -0.05) is 12.1 Å². The Kier molecular flexibility index (Phi) is 3.79. The lowest BCUT2D eigenvalue weighted by molar-refractivity contribution is -0.121. The number of carbonyl (C=O) groups is 1. The van der Waals surface area contributed by atoms with Crippen LogP contribution in [0, 0.1) is 0 Å². The van der Waals surface area contributed by atoms with Gasteiger partial charge in [-0.15, -0.1) is 0 Å². The normalized spacial score (nSPS) is 12.1. The molecule has 1 atom stereocenters. The molecule has 1 unspecified atom stereocenters. The molecule has 0 spiro atoms. The molecule has 0 radical (unpaired) electrons. The standard InChI is InChI=1S/C13H17N5O/c1-3-15-12(19)8(2)16-11-9-6-4-5-7-10(9)17-13(14)18-11/h4-8H,3H2,1-2H3,(H,15,19)(H3,14,16,17,18). The average molecular weight is 259 g/mol. The van der Waals surface area contributed by atoms with E-state index in [2.05, 4.69) is 20.6 Å². The number of aromatic nitrogens is 2. The predicted molar refractivity (Wildman–Crippen MR) is 75.7 cm³/mol. The smallest absolute Gasteiger partial charge is 0.242 e. The molecule has 0 saturated carbocycles. The number of rotatable bonds is 4. The Hall–Kier alpha value is -2.37. The highest BCUT2D eigenvalue weighted by atomic mass is 16.2. The number of amides is 1. The zero-order valence-corrected chi connectivity index (χ0v) is 11.0. The first kappa shape index (κ1) is 13.1. The van der Waals surface area contributed by atoms with E-state index in [0.29, 0.717) is 12.4 Å². The number of hydrogen-bond acceptors (Lipinski definition) is 5. The van der Waals surface area contributed by atoms with Gasteiger partial charge in [-0.05, 0) is 26.0 Å². The SMILES string of the molecule is CCNC(=O)C(C)Nc1nc(N)nc2ccccc12. The maximum Gasteiger partial charge on any atom is 0.242 e. The summed E-state index contributed by atoms with van der Waals surface area (Å²) in [5.74, 6) is 0.676. The fourth-order valence-electron chi connectivity index (χ4n) is 1.80. The summed E-state index contributed by atoms with van der Waals surface area (Å²) in [5.41, 5.74) is 6.42. The quantitative estimate of drug-likeness (QED) is 0.766. The largest absolute Gasteiger partial charge is 0.368 e. The number of anilines is 2. The van der Waals surface area contributed by atoms with Crippen molar-refractivity contribution >= 4 is 28.6 Å². The van der Waals surface area contributed by atoms with Gasteiger partial charge in [0.15, 0.2) is 0 Å². The lowest BCUT2D eigenvalue weighted by Gasteiger charge is -2.15. The van der Waals surface area contributed by atoms with Crippen molar-refractivity contribution < 1.29 is 4.79 Å². The summed E-state index contributed by atoms with van der Waals surface area (Å²) in [7, 11) is 0. The van der Waals surface area contributed by atoms with Crippen molar-refractivity contribution in [2.75, 3.05) is 17.6 Å². The average Bonchev–Trinajstić information content (AvgIpc) is 2.38. The van der Waals surface area contributed by atoms with Crippen LogP contribution in [-0.2, 0) is 4.79 Å². The highest BCUT2D eigenvalue weighted by Crippen LogP contribution is 2.21. The van der Waals surface area contributed by atoms with Gasteiger partial charge in [-0.3, -0.25) is 4.79 Å². The van der Waals surface area contributed by atoms with Crippen molar-refractivity contribution in [1.29, 1.82) is 0 Å². The van der Waals surface area contributed by atoms with Crippen molar-refractivity contribution in [1.82, 2.24) is 15.3 Å². The summed E-state index contributed by atoms with van der Waals surface area (Å²) < 4.78 is 0. The number of nitrogens with two attached hydrogens (primary N) is 1. The maximum absolute atomic E-state index is 11.7. The number of carbonyl (C=O) groups excluding carboxylic acids is 1. The fraction of sp³-hybridized carbons (Fsp3) is 0.308. The van der Waals surface area contributed by atoms with E-state index < -0.39 is 6.04 Å². The van der Waals surface area contributed by atoms with E-state index in [0.717, 1.165) is 10.9 Å². The molecule has 1 aromatic carbocycles. The summed E-state index contributed by atoms with van der Waals surface area (Å²) >= 11 is 0. The van der Waals surface area contributed by atoms with Crippen LogP contribution in [0.25, 0.3) is 10.9 Å². The molecule has 0 aliphatic rings. The summed E-state index contributed by atoms with van der Waals surface area (Å²) in [6.45, 7) is 4.25. The first-order valence-corrected chi connectivity index (χ1v) is 6.18. The van der Waals surface area contributed by atoms with Crippen LogP contribution < -0.4 is 16.4 Å². The van der Waals surface area contributed by atoms with Crippen LogP contribution in [-0.4, -0.2) is 28.5 Å². The molecule has 1 amide bonds. The van der Waals surface area contributed by atoms with E-state index in [4.69, 9.17) is 5.73 Å². The Morgan fingerprint density at radius 2 is 2.11 bits per heavy atom. The second-order valence-electron chi connectivity index (χ2n) is 4.21. The zero-order valence-electron chi connectivity index (χ0n) is 11.0. The minimum atomic E-state index is -0.391. The summed E-state index contributed by atoms with van der Waals surface area (Å²) in [4.78, 5) is 20.0. The molecular weight excluding hydrogens is 242 g/mol. The molecule has 0 aliphatic carbocycles. The summed E-state index contributed by atoms with van der Waals surface area (Å²) in [6.07, 6.45) is 0. The van der Waals surface area contributed by atoms with E-state index in [-0.39, 0.29) is 11.9 Å². The third kappa shape index (κ3) is 2.90. The second kappa shape index (κ2) is 5.51. The number of fused-ring (bicyclic) bond motifs is 1. The van der Waals surface area contributed by atoms with E-state index in [1.807, 2.05) is 31.2 Å². The van der Waals surface area contributed by atoms with E-state index in [9.17, 15) is 4.79 Å². The van der Waals surface area contributed by atoms with Crippen LogP contribution in [0.2, 0.25) is 0 Å². The monoisotopic (exact) mass is 259 g/mol. The van der Waals surface area contributed by atoms with Gasteiger partial charge in [0.1, 0.15) is 11.9 Å². The first-order chi connectivity index (χ1) is 9.11. The maximum atomic E-state index is 11.7. The van der Waals surface area contributed by atoms with Gasteiger partial charge in [0.05, 0.1) is 5.52 Å². The third-order valence-corrected chi connectivity index (χ3v) is 2.72. The van der Waals surface area contributed by atoms with Crippen molar-refractivity contribution in [3.8, 4) is 0 Å². The topological polar surface area (TPSA) is 92.9 Å². The molecule has 6 nitrogen and oxygen atoms in total. The minimum absolute atomic E-state index is 0.0798. The van der Waals surface area contributed by atoms with Gasteiger partial charge in [0.2, 0.25) is 11.9 Å². The first-order valence-electron chi connectivity index (χ1n) is 6.18. The highest BCUT2D eigenvalue weighted by Gasteiger charge is 2.14. The van der Waals surface area contributed by atoms with Gasteiger partial charge >= 0.3 is 0 Å². The summed E-state index contributed by atoms with van der Waals surface area (Å²) in [5, 5.41) is 6.66. The molecule has 0 aliphatic heterocycles. The molecule has 0 fully saturated rings. The molecule has 19 heavy (non-hydrogen) atoms. The van der Waals surface area contributed by atoms with E-state index in [1.54, 1.807) is 6.92 Å². The van der Waals surface area contributed by atoms with Gasteiger partial charge in [0.25, 0.3) is 0 Å². The third-order valence-electron chi connectivity index (χ3n) is 2.72. The number of hydrogen-bond donors (Lipinski definition) is 3. The van der Waals surface area contributed by atoms with Gasteiger partial charge in [-0.2, -0.15) is 4.98 Å². The van der Waals surface area contributed by atoms with Crippen LogP contribution in [0.3, 0.4) is 0 Å². The number of nitrogens with zero attached hydrogens (tertiary/aromatic N) is 2. The number of nitrogens with one attached hydrogen (secondary N) is 2. The summed E-state index contributed by atoms with van der Waals surface area (Å²) in [6, 6.07) is 7.13. The van der Waals surface area contributed by atoms with Gasteiger partial charge in [-0.25, -0.2) is 4.98 Å². The van der Waals surface area contributed by atoms with Gasteiger partial charge in [0, 0.05) is 11.9 Å². The Balaban J connectivity index is 2.32. The molecule has 2 rings (SSSR count). The van der Waals surface area contributed by atoms with Gasteiger partial charge < -0.3 is 16.4 Å². The number of likely N-dealkylation sites (N-methyl/N-ethyl adjacent to an activating group) is 1. The highest BCUT2D eigenvalue weighted by molar-refractivity contribution is 5.92. The fourth-order valence-corrected chi connectivity index (χ4v) is 1.80. The van der Waals surface area contributed by atoms with Crippen molar-refractivity contribution in [2.24, 2.45) is 0 Å². The Morgan fingerprint density at radius 1 is 1.37 bits per heavy atom. The van der Waals surface area contributed by atoms with Crippen molar-refractivity contribution in [3.05, 3.63) is 24.3 Å². The molecule has 4 N–H and O–H groups in total. The minimum Gasteiger partial charge on any atom is -0.368 e. The predicted octanol–water partition coefficient (Wildman–Crippen LogP) is 1.15. The van der Waals surface area contributed by atoms with E-state index in [1.165, 1.54) is 0 Å². The second-order valence-corrected chi connectivity index (χ2v) is 4.21. The number of benzene rings is 1. The van der Waals surface area contributed by atoms with Crippen LogP contribution >= 0.6 is 0 Å². The molecule has 1 heterocycles. The lowest BCUT2D eigenvalue weighted by Crippen LogP contribution is -2.37. The number of para-hydroxylation sites is 1. The Bertz CT molecular complexity index is 599. The van der Waals surface area contributed by atoms with Crippen LogP contribution in [0.15, 0.2) is 24.3 Å². The van der Waals surface area contributed by atoms with Crippen LogP contribution in [0.4, 0.5) is 11.8 Å². The van der Waals surface area contributed by atoms with Crippen molar-refractivity contribution in [3.63, 3.8) is 0 Å². The van der Waals surface area contributed by atoms with Crippen molar-refractivity contribution in [2.45, 2.75) is 19.9 Å². The zero-order chi connectivity index (χ0) is 13.8. The molecule has 0 saturated heterocycles. The Labute approximate surface area is 111 Å². The molecule has 100 valence electrons. The van der Waals surface area contributed by atoms with Crippen LogP contribution in [0.5, 0.6) is 0 Å². The number of nitrogen functional groups attached to an aromatic ring is 1. The molecule has 1 aromatic heterocycles. The Morgan fingerprint density at radius 3 is 2.84 bits per heavy atom. The molecule has 2 aromatic rings. The lowest BCUT2D eigenvalue weighted by atomic mass is 10.2.